The maximum absolute atomic E-state index is 11.9. The van der Waals surface area contributed by atoms with E-state index in [2.05, 4.69) is 21.2 Å². The van der Waals surface area contributed by atoms with Crippen LogP contribution in [0.5, 0.6) is 5.75 Å². The second kappa shape index (κ2) is 6.03. The Bertz CT molecular complexity index is 501. The molecule has 0 aliphatic carbocycles. The summed E-state index contributed by atoms with van der Waals surface area (Å²) in [5.41, 5.74) is -1.76. The minimum absolute atomic E-state index is 0.256. The van der Waals surface area contributed by atoms with Crippen LogP contribution in [0.4, 0.5) is 0 Å². The number of aliphatic hydroxyl groups is 1. The zero-order valence-corrected chi connectivity index (χ0v) is 12.0. The summed E-state index contributed by atoms with van der Waals surface area (Å²) >= 11 is 3.25. The number of hydrogen-bond donors (Lipinski definition) is 3. The molecule has 1 unspecified atom stereocenters. The molecule has 0 spiro atoms. The number of ether oxygens (including phenoxy) is 1. The Morgan fingerprint density at radius 2 is 2.11 bits per heavy atom. The fourth-order valence-electron chi connectivity index (χ4n) is 1.28. The number of carboxylic acid groups (broad SMARTS) is 1. The third-order valence-corrected chi connectivity index (χ3v) is 2.96. The molecular formula is C12H14BrNO5. The van der Waals surface area contributed by atoms with E-state index in [9.17, 15) is 14.7 Å². The SMILES string of the molecule is COc1cc(Br)ccc1C(=O)NCC(C)(O)C(=O)O. The van der Waals surface area contributed by atoms with Crippen LogP contribution < -0.4 is 10.1 Å². The Balaban J connectivity index is 2.82. The summed E-state index contributed by atoms with van der Waals surface area (Å²) in [4.78, 5) is 22.6. The van der Waals surface area contributed by atoms with Gasteiger partial charge in [0.15, 0.2) is 5.60 Å². The largest absolute Gasteiger partial charge is 0.496 e. The van der Waals surface area contributed by atoms with Gasteiger partial charge in [-0.15, -0.1) is 0 Å². The smallest absolute Gasteiger partial charge is 0.337 e. The van der Waals surface area contributed by atoms with Crippen molar-refractivity contribution in [1.29, 1.82) is 0 Å². The molecule has 6 nitrogen and oxygen atoms in total. The van der Waals surface area contributed by atoms with Gasteiger partial charge in [0.25, 0.3) is 5.91 Å². The number of carbonyl (C=O) groups excluding carboxylic acids is 1. The minimum Gasteiger partial charge on any atom is -0.496 e. The molecule has 7 heteroatoms. The average molecular weight is 332 g/mol. The fourth-order valence-corrected chi connectivity index (χ4v) is 1.62. The van der Waals surface area contributed by atoms with Crippen LogP contribution in [0.25, 0.3) is 0 Å². The van der Waals surface area contributed by atoms with Crippen LogP contribution in [0.1, 0.15) is 17.3 Å². The number of hydrogen-bond acceptors (Lipinski definition) is 4. The van der Waals surface area contributed by atoms with Crippen molar-refractivity contribution in [2.45, 2.75) is 12.5 Å². The highest BCUT2D eigenvalue weighted by molar-refractivity contribution is 9.10. The highest BCUT2D eigenvalue weighted by Gasteiger charge is 2.30. The van der Waals surface area contributed by atoms with E-state index in [0.29, 0.717) is 5.75 Å². The molecule has 19 heavy (non-hydrogen) atoms. The molecule has 1 aromatic rings. The summed E-state index contributed by atoms with van der Waals surface area (Å²) in [6, 6.07) is 4.81. The zero-order chi connectivity index (χ0) is 14.6. The molecule has 1 aromatic carbocycles. The minimum atomic E-state index is -2.02. The quantitative estimate of drug-likeness (QED) is 0.748. The number of nitrogens with one attached hydrogen (secondary N) is 1. The van der Waals surface area contributed by atoms with Gasteiger partial charge in [0.05, 0.1) is 19.2 Å². The first-order valence-electron chi connectivity index (χ1n) is 5.35. The number of carboxylic acids is 1. The predicted octanol–water partition coefficient (Wildman–Crippen LogP) is 1.02. The van der Waals surface area contributed by atoms with Gasteiger partial charge in [-0.3, -0.25) is 4.79 Å². The summed E-state index contributed by atoms with van der Waals surface area (Å²) in [7, 11) is 1.42. The summed E-state index contributed by atoms with van der Waals surface area (Å²) in [5, 5.41) is 20.6. The van der Waals surface area contributed by atoms with Gasteiger partial charge < -0.3 is 20.3 Å². The van der Waals surface area contributed by atoms with Crippen LogP contribution in [0.2, 0.25) is 0 Å². The lowest BCUT2D eigenvalue weighted by molar-refractivity contribution is -0.155. The van der Waals surface area contributed by atoms with Gasteiger partial charge in [-0.1, -0.05) is 15.9 Å². The van der Waals surface area contributed by atoms with Gasteiger partial charge in [-0.25, -0.2) is 4.79 Å². The monoisotopic (exact) mass is 331 g/mol. The topological polar surface area (TPSA) is 95.9 Å². The summed E-state index contributed by atoms with van der Waals surface area (Å²) in [6.07, 6.45) is 0. The first-order chi connectivity index (χ1) is 8.77. The Hall–Kier alpha value is -1.60. The van der Waals surface area contributed by atoms with Crippen molar-refractivity contribution in [1.82, 2.24) is 5.32 Å². The Labute approximate surface area is 118 Å². The second-order valence-electron chi connectivity index (χ2n) is 4.11. The van der Waals surface area contributed by atoms with Gasteiger partial charge in [-0.2, -0.15) is 0 Å². The molecular weight excluding hydrogens is 318 g/mol. The van der Waals surface area contributed by atoms with Crippen LogP contribution in [-0.2, 0) is 4.79 Å². The number of halogens is 1. The van der Waals surface area contributed by atoms with E-state index >= 15 is 0 Å². The normalized spacial score (nSPS) is 13.5. The highest BCUT2D eigenvalue weighted by atomic mass is 79.9. The van der Waals surface area contributed by atoms with E-state index < -0.39 is 24.0 Å². The van der Waals surface area contributed by atoms with Crippen molar-refractivity contribution in [3.63, 3.8) is 0 Å². The standard InChI is InChI=1S/C12H14BrNO5/c1-12(18,11(16)17)6-14-10(15)8-4-3-7(13)5-9(8)19-2/h3-5,18H,6H2,1-2H3,(H,14,15)(H,16,17). The molecule has 0 heterocycles. The lowest BCUT2D eigenvalue weighted by Crippen LogP contribution is -2.46. The zero-order valence-electron chi connectivity index (χ0n) is 10.4. The Kier molecular flexibility index (Phi) is 4.90. The second-order valence-corrected chi connectivity index (χ2v) is 5.02. The third-order valence-electron chi connectivity index (χ3n) is 2.46. The third kappa shape index (κ3) is 3.93. The van der Waals surface area contributed by atoms with Crippen LogP contribution in [0.15, 0.2) is 22.7 Å². The summed E-state index contributed by atoms with van der Waals surface area (Å²) in [5.74, 6) is -1.58. The lowest BCUT2D eigenvalue weighted by Gasteiger charge is -2.18. The first-order valence-corrected chi connectivity index (χ1v) is 6.14. The lowest BCUT2D eigenvalue weighted by atomic mass is 10.1. The molecule has 0 aliphatic rings. The number of methoxy groups -OCH3 is 1. The maximum Gasteiger partial charge on any atom is 0.337 e. The van der Waals surface area contributed by atoms with Crippen molar-refractivity contribution >= 4 is 27.8 Å². The van der Waals surface area contributed by atoms with Crippen molar-refractivity contribution < 1.29 is 24.5 Å². The fraction of sp³-hybridized carbons (Fsp3) is 0.333. The number of amides is 1. The van der Waals surface area contributed by atoms with Crippen LogP contribution in [-0.4, -0.2) is 41.3 Å². The molecule has 1 atom stereocenters. The van der Waals surface area contributed by atoms with Gasteiger partial charge in [-0.05, 0) is 25.1 Å². The molecule has 0 bridgehead atoms. The molecule has 0 saturated carbocycles. The maximum atomic E-state index is 11.9. The van der Waals surface area contributed by atoms with E-state index in [-0.39, 0.29) is 5.56 Å². The molecule has 0 radical (unpaired) electrons. The van der Waals surface area contributed by atoms with Crippen LogP contribution >= 0.6 is 15.9 Å². The van der Waals surface area contributed by atoms with E-state index in [4.69, 9.17) is 9.84 Å². The van der Waals surface area contributed by atoms with Crippen molar-refractivity contribution in [3.05, 3.63) is 28.2 Å². The predicted molar refractivity (Wildman–Crippen MR) is 71.3 cm³/mol. The number of aliphatic carboxylic acids is 1. The van der Waals surface area contributed by atoms with Crippen LogP contribution in [0.3, 0.4) is 0 Å². The Morgan fingerprint density at radius 1 is 1.47 bits per heavy atom. The molecule has 1 amide bonds. The molecule has 0 aliphatic heterocycles. The molecule has 3 N–H and O–H groups in total. The molecule has 0 fully saturated rings. The van der Waals surface area contributed by atoms with Gasteiger partial charge in [0.2, 0.25) is 0 Å². The molecule has 0 saturated heterocycles. The van der Waals surface area contributed by atoms with E-state index in [1.165, 1.54) is 13.2 Å². The van der Waals surface area contributed by atoms with E-state index in [0.717, 1.165) is 11.4 Å². The average Bonchev–Trinajstić information content (AvgIpc) is 2.35. The van der Waals surface area contributed by atoms with Crippen LogP contribution in [0, 0.1) is 0 Å². The van der Waals surface area contributed by atoms with Crippen molar-refractivity contribution in [2.75, 3.05) is 13.7 Å². The number of benzene rings is 1. The van der Waals surface area contributed by atoms with Gasteiger partial charge >= 0.3 is 5.97 Å². The molecule has 0 aromatic heterocycles. The summed E-state index contributed by atoms with van der Waals surface area (Å²) < 4.78 is 5.81. The number of rotatable bonds is 5. The molecule has 104 valence electrons. The highest BCUT2D eigenvalue weighted by Crippen LogP contribution is 2.23. The van der Waals surface area contributed by atoms with Gasteiger partial charge in [0, 0.05) is 4.47 Å². The Morgan fingerprint density at radius 3 is 2.63 bits per heavy atom. The van der Waals surface area contributed by atoms with E-state index in [1.807, 2.05) is 0 Å². The van der Waals surface area contributed by atoms with Crippen molar-refractivity contribution in [2.24, 2.45) is 0 Å². The van der Waals surface area contributed by atoms with Gasteiger partial charge in [0.1, 0.15) is 5.75 Å². The van der Waals surface area contributed by atoms with E-state index in [1.54, 1.807) is 12.1 Å². The van der Waals surface area contributed by atoms with Crippen molar-refractivity contribution in [3.8, 4) is 5.75 Å². The first kappa shape index (κ1) is 15.5. The molecule has 1 rings (SSSR count). The summed E-state index contributed by atoms with van der Waals surface area (Å²) in [6.45, 7) is 0.703. The number of carbonyl (C=O) groups is 2.